The molecule has 0 aromatic heterocycles. The average Bonchev–Trinajstić information content (AvgIpc) is 2.98. The van der Waals surface area contributed by atoms with Crippen LogP contribution in [0.4, 0.5) is 0 Å². The van der Waals surface area contributed by atoms with E-state index in [-0.39, 0.29) is 11.5 Å². The Morgan fingerprint density at radius 2 is 1.07 bits per heavy atom. The first kappa shape index (κ1) is 30.4. The van der Waals surface area contributed by atoms with Gasteiger partial charge in [-0.05, 0) is 85.3 Å². The fourth-order valence-electron chi connectivity index (χ4n) is 5.02. The van der Waals surface area contributed by atoms with E-state index in [1.54, 1.807) is 42.5 Å². The van der Waals surface area contributed by atoms with Gasteiger partial charge in [-0.1, -0.05) is 78.9 Å². The maximum Gasteiger partial charge on any atom is 0.647 e. The molecule has 1 aliphatic heterocycles. The van der Waals surface area contributed by atoms with Crippen LogP contribution < -0.4 is 27.1 Å². The van der Waals surface area contributed by atoms with E-state index in [0.717, 1.165) is 33.4 Å². The fourth-order valence-corrected chi connectivity index (χ4v) is 7.85. The van der Waals surface area contributed by atoms with Crippen LogP contribution in [-0.2, 0) is 15.6 Å². The third kappa shape index (κ3) is 6.88. The van der Waals surface area contributed by atoms with Gasteiger partial charge in [0.05, 0.1) is 0 Å². The maximum atomic E-state index is 14.3. The van der Waals surface area contributed by atoms with Crippen molar-refractivity contribution in [1.29, 1.82) is 0 Å². The van der Waals surface area contributed by atoms with E-state index in [2.05, 4.69) is 0 Å². The quantitative estimate of drug-likeness (QED) is 0.155. The van der Waals surface area contributed by atoms with Crippen LogP contribution in [0.25, 0.3) is 0 Å². The highest BCUT2D eigenvalue weighted by molar-refractivity contribution is 7.50. The highest BCUT2D eigenvalue weighted by atomic mass is 31.2. The highest BCUT2D eigenvalue weighted by Crippen LogP contribution is 2.55. The molecule has 0 fully saturated rings. The van der Waals surface area contributed by atoms with E-state index < -0.39 is 15.6 Å². The van der Waals surface area contributed by atoms with Gasteiger partial charge in [0.2, 0.25) is 0 Å². The number of hydrogen-bond donors (Lipinski definition) is 0. The van der Waals surface area contributed by atoms with Crippen molar-refractivity contribution < 1.29 is 36.3 Å². The van der Waals surface area contributed by atoms with E-state index in [1.165, 1.54) is 6.07 Å². The lowest BCUT2D eigenvalue weighted by Crippen LogP contribution is -2.13. The molecule has 0 bridgehead atoms. The van der Waals surface area contributed by atoms with E-state index in [1.807, 2.05) is 88.4 Å². The molecule has 0 saturated carbocycles. The van der Waals surface area contributed by atoms with E-state index in [0.29, 0.717) is 29.4 Å². The molecule has 8 nitrogen and oxygen atoms in total. The molecule has 1 atom stereocenters. The predicted octanol–water partition coefficient (Wildman–Crippen LogP) is 10.1. The predicted molar refractivity (Wildman–Crippen MR) is 173 cm³/mol. The molecule has 230 valence electrons. The molecule has 0 radical (unpaired) electrons. The van der Waals surface area contributed by atoms with Crippen molar-refractivity contribution in [3.05, 3.63) is 143 Å². The molecule has 0 aliphatic carbocycles. The van der Waals surface area contributed by atoms with Crippen molar-refractivity contribution in [3.63, 3.8) is 0 Å². The van der Waals surface area contributed by atoms with Crippen molar-refractivity contribution in [2.24, 2.45) is 0 Å². The van der Waals surface area contributed by atoms with Crippen LogP contribution in [0.5, 0.6) is 34.5 Å². The molecular weight excluding hydrogens is 610 g/mol. The fraction of sp³-hybridized carbons (Fsp3) is 0.143. The largest absolute Gasteiger partial charge is 0.647 e. The van der Waals surface area contributed by atoms with E-state index >= 15 is 0 Å². The Morgan fingerprint density at radius 1 is 0.578 bits per heavy atom. The maximum absolute atomic E-state index is 14.3. The van der Waals surface area contributed by atoms with Gasteiger partial charge in [-0.3, -0.25) is 0 Å². The first-order chi connectivity index (χ1) is 21.6. The first-order valence-corrected chi connectivity index (χ1v) is 17.3. The zero-order valence-corrected chi connectivity index (χ0v) is 27.0. The molecule has 0 amide bonds. The first-order valence-electron chi connectivity index (χ1n) is 14.4. The van der Waals surface area contributed by atoms with Crippen LogP contribution in [-0.4, -0.2) is 0 Å². The van der Waals surface area contributed by atoms with Gasteiger partial charge in [0, 0.05) is 12.5 Å². The minimum Gasteiger partial charge on any atom is -0.386 e. The Kier molecular flexibility index (Phi) is 8.37. The van der Waals surface area contributed by atoms with Crippen LogP contribution >= 0.6 is 15.6 Å². The van der Waals surface area contributed by atoms with Crippen molar-refractivity contribution in [3.8, 4) is 34.5 Å². The Hall–Kier alpha value is -4.64. The summed E-state index contributed by atoms with van der Waals surface area (Å²) in [5.74, 6) is 1.73. The number of hydrogen-bond acceptors (Lipinski definition) is 8. The third-order valence-electron chi connectivity index (χ3n) is 7.19. The zero-order chi connectivity index (χ0) is 31.6. The summed E-state index contributed by atoms with van der Waals surface area (Å²) >= 11 is 0. The number of phosphoric ester groups is 2. The molecule has 1 unspecified atom stereocenters. The number of fused-ring (bicyclic) bond motifs is 2. The van der Waals surface area contributed by atoms with Crippen LogP contribution in [0, 0.1) is 27.7 Å². The lowest BCUT2D eigenvalue weighted by molar-refractivity contribution is 0.291. The number of benzene rings is 5. The molecule has 0 N–H and O–H groups in total. The summed E-state index contributed by atoms with van der Waals surface area (Å²) in [4.78, 5) is 0. The summed E-state index contributed by atoms with van der Waals surface area (Å²) in [6, 6.07) is 31.8. The van der Waals surface area contributed by atoms with Crippen LogP contribution in [0.2, 0.25) is 0 Å². The minimum absolute atomic E-state index is 0.0878. The van der Waals surface area contributed by atoms with Gasteiger partial charge >= 0.3 is 15.6 Å². The number of phosphoric acid groups is 2. The van der Waals surface area contributed by atoms with Gasteiger partial charge in [0.1, 0.15) is 34.5 Å². The van der Waals surface area contributed by atoms with Crippen LogP contribution in [0.1, 0.15) is 33.4 Å². The lowest BCUT2D eigenvalue weighted by atomic mass is 9.99. The Labute approximate surface area is 262 Å². The lowest BCUT2D eigenvalue weighted by Gasteiger charge is -2.26. The second-order valence-electron chi connectivity index (χ2n) is 10.8. The average molecular weight is 643 g/mol. The normalized spacial score (nSPS) is 14.6. The standard InChI is InChI=1S/C35H32O8P2/c1-24-12-8-13-25(2)33(24)41-44(36,38-30-18-6-5-7-19-30)39-31-20-11-21-32(23-31)40-45(37)42-34-26(3)14-9-16-28(34)22-29-17-10-15-27(4)35(29)43-45/h5-21,23H,22H2,1-4H3. The van der Waals surface area contributed by atoms with Gasteiger partial charge in [0.15, 0.2) is 0 Å². The molecule has 1 heterocycles. The molecule has 0 saturated heterocycles. The Balaban J connectivity index is 1.34. The molecule has 1 aliphatic rings. The summed E-state index contributed by atoms with van der Waals surface area (Å²) < 4.78 is 64.4. The van der Waals surface area contributed by atoms with Gasteiger partial charge in [-0.2, -0.15) is 9.13 Å². The van der Waals surface area contributed by atoms with Crippen LogP contribution in [0.3, 0.4) is 0 Å². The topological polar surface area (TPSA) is 89.5 Å². The van der Waals surface area contributed by atoms with E-state index in [9.17, 15) is 9.13 Å². The summed E-state index contributed by atoms with van der Waals surface area (Å²) in [6.45, 7) is 7.43. The number of aryl methyl sites for hydroxylation is 4. The van der Waals surface area contributed by atoms with Crippen molar-refractivity contribution in [1.82, 2.24) is 0 Å². The molecule has 10 heteroatoms. The van der Waals surface area contributed by atoms with Gasteiger partial charge < -0.3 is 27.1 Å². The monoisotopic (exact) mass is 642 g/mol. The van der Waals surface area contributed by atoms with E-state index in [4.69, 9.17) is 27.1 Å². The summed E-state index contributed by atoms with van der Waals surface area (Å²) in [5, 5.41) is 0. The number of rotatable bonds is 8. The minimum atomic E-state index is -4.32. The molecule has 5 aromatic carbocycles. The summed E-state index contributed by atoms with van der Waals surface area (Å²) in [5.41, 5.74) is 4.81. The van der Waals surface area contributed by atoms with Gasteiger partial charge in [-0.15, -0.1) is 0 Å². The van der Waals surface area contributed by atoms with Gasteiger partial charge in [0.25, 0.3) is 0 Å². The Bertz CT molecular complexity index is 1880. The van der Waals surface area contributed by atoms with Crippen LogP contribution in [0.15, 0.2) is 109 Å². The Morgan fingerprint density at radius 3 is 1.69 bits per heavy atom. The van der Waals surface area contributed by atoms with Gasteiger partial charge in [-0.25, -0.2) is 0 Å². The summed E-state index contributed by atoms with van der Waals surface area (Å²) in [7, 11) is -8.62. The second kappa shape index (κ2) is 12.4. The zero-order valence-electron chi connectivity index (χ0n) is 25.3. The summed E-state index contributed by atoms with van der Waals surface area (Å²) in [6.07, 6.45) is 0.536. The smallest absolute Gasteiger partial charge is 0.386 e. The molecule has 5 aromatic rings. The third-order valence-corrected chi connectivity index (χ3v) is 9.71. The SMILES string of the molecule is Cc1cccc(C)c1OP(=O)(Oc1ccccc1)Oc1cccc(OP2(=O)Oc3c(C)cccc3Cc3cccc(C)c3O2)c1. The van der Waals surface area contributed by atoms with Crippen molar-refractivity contribution in [2.75, 3.05) is 0 Å². The molecule has 0 spiro atoms. The second-order valence-corrected chi connectivity index (χ2v) is 13.6. The highest BCUT2D eigenvalue weighted by Gasteiger charge is 2.38. The molecule has 6 rings (SSSR count). The molecule has 45 heavy (non-hydrogen) atoms. The van der Waals surface area contributed by atoms with Crippen molar-refractivity contribution in [2.45, 2.75) is 34.1 Å². The molecular formula is C35H32O8P2. The van der Waals surface area contributed by atoms with Crippen molar-refractivity contribution >= 4 is 15.6 Å². The number of para-hydroxylation sites is 4.